The van der Waals surface area contributed by atoms with Crippen molar-refractivity contribution in [2.24, 2.45) is 0 Å². The van der Waals surface area contributed by atoms with E-state index in [1.54, 1.807) is 17.9 Å². The SMILES string of the molecule is Cc1cc(C(=O)N2CCN(CCNC(=O)c3ccccc3I)CC2)no1. The Balaban J connectivity index is 1.41. The maximum Gasteiger partial charge on any atom is 0.276 e. The van der Waals surface area contributed by atoms with E-state index in [-0.39, 0.29) is 11.8 Å². The van der Waals surface area contributed by atoms with Crippen LogP contribution in [0.15, 0.2) is 34.9 Å². The number of rotatable bonds is 5. The van der Waals surface area contributed by atoms with E-state index in [0.717, 1.165) is 23.2 Å². The zero-order chi connectivity index (χ0) is 18.5. The van der Waals surface area contributed by atoms with Crippen LogP contribution in [0, 0.1) is 10.5 Å². The zero-order valence-corrected chi connectivity index (χ0v) is 16.7. The number of hydrogen-bond acceptors (Lipinski definition) is 5. The molecule has 0 radical (unpaired) electrons. The van der Waals surface area contributed by atoms with Gasteiger partial charge in [-0.1, -0.05) is 17.3 Å². The molecule has 0 unspecified atom stereocenters. The van der Waals surface area contributed by atoms with Crippen LogP contribution < -0.4 is 5.32 Å². The van der Waals surface area contributed by atoms with Gasteiger partial charge in [0.05, 0.1) is 5.56 Å². The quantitative estimate of drug-likeness (QED) is 0.678. The predicted molar refractivity (Wildman–Crippen MR) is 105 cm³/mol. The molecule has 1 N–H and O–H groups in total. The number of carbonyl (C=O) groups excluding carboxylic acids is 2. The maximum absolute atomic E-state index is 12.3. The first-order valence-electron chi connectivity index (χ1n) is 8.52. The molecule has 0 bridgehead atoms. The third kappa shape index (κ3) is 4.61. The average Bonchev–Trinajstić information content (AvgIpc) is 3.08. The molecule has 0 atom stereocenters. The largest absolute Gasteiger partial charge is 0.361 e. The summed E-state index contributed by atoms with van der Waals surface area (Å²) in [5.74, 6) is 0.495. The van der Waals surface area contributed by atoms with E-state index in [0.29, 0.717) is 36.7 Å². The molecular weight excluding hydrogens is 447 g/mol. The summed E-state index contributed by atoms with van der Waals surface area (Å²) in [5, 5.41) is 6.75. The van der Waals surface area contributed by atoms with Crippen molar-refractivity contribution in [3.63, 3.8) is 0 Å². The second-order valence-electron chi connectivity index (χ2n) is 6.19. The van der Waals surface area contributed by atoms with E-state index in [2.05, 4.69) is 38.0 Å². The standard InChI is InChI=1S/C18H21IN4O3/c1-13-12-16(21-26-13)18(25)23-10-8-22(9-11-23)7-6-20-17(24)14-4-2-3-5-15(14)19/h2-5,12H,6-11H2,1H3,(H,20,24). The molecule has 2 amide bonds. The van der Waals surface area contributed by atoms with Gasteiger partial charge in [-0.25, -0.2) is 0 Å². The molecule has 1 aliphatic rings. The van der Waals surface area contributed by atoms with Gasteiger partial charge in [0, 0.05) is 48.9 Å². The van der Waals surface area contributed by atoms with Crippen molar-refractivity contribution >= 4 is 34.4 Å². The van der Waals surface area contributed by atoms with Crippen LogP contribution in [0.2, 0.25) is 0 Å². The van der Waals surface area contributed by atoms with Crippen molar-refractivity contribution in [1.82, 2.24) is 20.3 Å². The van der Waals surface area contributed by atoms with Gasteiger partial charge in [0.25, 0.3) is 11.8 Å². The smallest absolute Gasteiger partial charge is 0.276 e. The molecule has 1 aromatic heterocycles. The summed E-state index contributed by atoms with van der Waals surface area (Å²) in [6.07, 6.45) is 0. The summed E-state index contributed by atoms with van der Waals surface area (Å²) in [6, 6.07) is 9.19. The lowest BCUT2D eigenvalue weighted by Gasteiger charge is -2.34. The van der Waals surface area contributed by atoms with Crippen LogP contribution >= 0.6 is 22.6 Å². The third-order valence-electron chi connectivity index (χ3n) is 4.34. The minimum absolute atomic E-state index is 0.0507. The van der Waals surface area contributed by atoms with E-state index >= 15 is 0 Å². The number of amides is 2. The van der Waals surface area contributed by atoms with Crippen LogP contribution in [0.4, 0.5) is 0 Å². The molecule has 2 aromatic rings. The lowest BCUT2D eigenvalue weighted by Crippen LogP contribution is -2.50. The average molecular weight is 468 g/mol. The van der Waals surface area contributed by atoms with Crippen molar-refractivity contribution in [3.8, 4) is 0 Å². The molecular formula is C18H21IN4O3. The molecule has 138 valence electrons. The Bertz CT molecular complexity index is 784. The molecule has 0 saturated carbocycles. The highest BCUT2D eigenvalue weighted by molar-refractivity contribution is 14.1. The minimum Gasteiger partial charge on any atom is -0.361 e. The number of nitrogens with zero attached hydrogens (tertiary/aromatic N) is 3. The van der Waals surface area contributed by atoms with Gasteiger partial charge in [-0.2, -0.15) is 0 Å². The molecule has 1 saturated heterocycles. The summed E-state index contributed by atoms with van der Waals surface area (Å²) in [4.78, 5) is 28.6. The fraction of sp³-hybridized carbons (Fsp3) is 0.389. The molecule has 2 heterocycles. The van der Waals surface area contributed by atoms with Crippen LogP contribution in [-0.4, -0.2) is 66.0 Å². The van der Waals surface area contributed by atoms with E-state index in [1.165, 1.54) is 0 Å². The number of nitrogens with one attached hydrogen (secondary N) is 1. The molecule has 8 heteroatoms. The van der Waals surface area contributed by atoms with Crippen molar-refractivity contribution in [1.29, 1.82) is 0 Å². The summed E-state index contributed by atoms with van der Waals surface area (Å²) in [6.45, 7) is 5.97. The lowest BCUT2D eigenvalue weighted by molar-refractivity contribution is 0.0628. The lowest BCUT2D eigenvalue weighted by atomic mass is 10.2. The molecule has 0 spiro atoms. The number of piperazine rings is 1. The molecule has 3 rings (SSSR count). The van der Waals surface area contributed by atoms with E-state index in [4.69, 9.17) is 4.52 Å². The van der Waals surface area contributed by atoms with Gasteiger partial charge in [0.2, 0.25) is 0 Å². The number of hydrogen-bond donors (Lipinski definition) is 1. The van der Waals surface area contributed by atoms with Gasteiger partial charge < -0.3 is 14.7 Å². The van der Waals surface area contributed by atoms with Crippen LogP contribution in [0.3, 0.4) is 0 Å². The second kappa shape index (κ2) is 8.63. The van der Waals surface area contributed by atoms with E-state index < -0.39 is 0 Å². The third-order valence-corrected chi connectivity index (χ3v) is 5.28. The van der Waals surface area contributed by atoms with Crippen LogP contribution in [0.25, 0.3) is 0 Å². The van der Waals surface area contributed by atoms with Gasteiger partial charge in [-0.3, -0.25) is 14.5 Å². The summed E-state index contributed by atoms with van der Waals surface area (Å²) in [7, 11) is 0. The fourth-order valence-electron chi connectivity index (χ4n) is 2.87. The first-order valence-corrected chi connectivity index (χ1v) is 9.60. The van der Waals surface area contributed by atoms with Crippen molar-refractivity contribution in [3.05, 3.63) is 50.9 Å². The minimum atomic E-state index is -0.0894. The molecule has 1 aromatic carbocycles. The van der Waals surface area contributed by atoms with Gasteiger partial charge in [0.1, 0.15) is 5.76 Å². The summed E-state index contributed by atoms with van der Waals surface area (Å²) >= 11 is 2.16. The first kappa shape index (κ1) is 18.8. The highest BCUT2D eigenvalue weighted by atomic mass is 127. The highest BCUT2D eigenvalue weighted by Gasteiger charge is 2.24. The van der Waals surface area contributed by atoms with Gasteiger partial charge in [-0.05, 0) is 41.6 Å². The predicted octanol–water partition coefficient (Wildman–Crippen LogP) is 1.78. The van der Waals surface area contributed by atoms with Crippen molar-refractivity contribution < 1.29 is 14.1 Å². The molecule has 0 aliphatic carbocycles. The molecule has 26 heavy (non-hydrogen) atoms. The van der Waals surface area contributed by atoms with Crippen LogP contribution in [0.5, 0.6) is 0 Å². The van der Waals surface area contributed by atoms with E-state index in [9.17, 15) is 9.59 Å². The summed E-state index contributed by atoms with van der Waals surface area (Å²) in [5.41, 5.74) is 1.06. The zero-order valence-electron chi connectivity index (χ0n) is 14.6. The molecule has 1 aliphatic heterocycles. The maximum atomic E-state index is 12.3. The highest BCUT2D eigenvalue weighted by Crippen LogP contribution is 2.11. The Morgan fingerprint density at radius 1 is 1.23 bits per heavy atom. The topological polar surface area (TPSA) is 78.7 Å². The second-order valence-corrected chi connectivity index (χ2v) is 7.35. The monoisotopic (exact) mass is 468 g/mol. The Morgan fingerprint density at radius 2 is 1.96 bits per heavy atom. The van der Waals surface area contributed by atoms with Crippen LogP contribution in [0.1, 0.15) is 26.6 Å². The van der Waals surface area contributed by atoms with Crippen LogP contribution in [-0.2, 0) is 0 Å². The number of aromatic nitrogens is 1. The number of aryl methyl sites for hydroxylation is 1. The van der Waals surface area contributed by atoms with Gasteiger partial charge in [0.15, 0.2) is 5.69 Å². The molecule has 7 nitrogen and oxygen atoms in total. The number of carbonyl (C=O) groups is 2. The normalized spacial score (nSPS) is 15.1. The number of benzene rings is 1. The Labute approximate surface area is 165 Å². The molecule has 1 fully saturated rings. The van der Waals surface area contributed by atoms with Crippen molar-refractivity contribution in [2.45, 2.75) is 6.92 Å². The van der Waals surface area contributed by atoms with Gasteiger partial charge >= 0.3 is 0 Å². The van der Waals surface area contributed by atoms with Gasteiger partial charge in [-0.15, -0.1) is 0 Å². The summed E-state index contributed by atoms with van der Waals surface area (Å²) < 4.78 is 5.91. The van der Waals surface area contributed by atoms with Crippen molar-refractivity contribution in [2.75, 3.05) is 39.3 Å². The Morgan fingerprint density at radius 3 is 2.62 bits per heavy atom. The Kier molecular flexibility index (Phi) is 6.25. The first-order chi connectivity index (χ1) is 12.5. The fourth-order valence-corrected chi connectivity index (χ4v) is 3.50. The Hall–Kier alpha value is -1.94. The number of halogens is 1. The van der Waals surface area contributed by atoms with E-state index in [1.807, 2.05) is 24.3 Å².